The number of nitro groups is 1. The quantitative estimate of drug-likeness (QED) is 0.363. The number of hydrogen-bond acceptors (Lipinski definition) is 5. The van der Waals surface area contributed by atoms with Crippen molar-refractivity contribution in [1.29, 1.82) is 0 Å². The second-order valence-corrected chi connectivity index (χ2v) is 6.84. The number of fused-ring (bicyclic) bond motifs is 1. The molecule has 2 aromatic carbocycles. The van der Waals surface area contributed by atoms with Crippen molar-refractivity contribution in [3.63, 3.8) is 0 Å². The first-order valence-electron chi connectivity index (χ1n) is 9.00. The Hall–Kier alpha value is -4.02. The number of rotatable bonds is 4. The molecular formula is C20H14F3N5O3. The highest BCUT2D eigenvalue weighted by Crippen LogP contribution is 2.30. The van der Waals surface area contributed by atoms with E-state index in [-0.39, 0.29) is 29.0 Å². The molecule has 0 aliphatic heterocycles. The van der Waals surface area contributed by atoms with E-state index in [9.17, 15) is 28.1 Å². The molecule has 158 valence electrons. The Kier molecular flexibility index (Phi) is 4.80. The van der Waals surface area contributed by atoms with E-state index in [0.29, 0.717) is 11.1 Å². The lowest BCUT2D eigenvalue weighted by Crippen LogP contribution is -2.21. The minimum Gasteiger partial charge on any atom is -0.294 e. The highest BCUT2D eigenvalue weighted by molar-refractivity contribution is 5.75. The monoisotopic (exact) mass is 429 g/mol. The number of hydrogen-bond donors (Lipinski definition) is 0. The number of halogens is 3. The topological polar surface area (TPSA) is 95.8 Å². The fraction of sp³-hybridized carbons (Fsp3) is 0.150. The Bertz CT molecular complexity index is 1370. The second kappa shape index (κ2) is 7.35. The molecule has 11 heteroatoms. The summed E-state index contributed by atoms with van der Waals surface area (Å²) < 4.78 is 41.5. The molecule has 0 radical (unpaired) electrons. The summed E-state index contributed by atoms with van der Waals surface area (Å²) in [6.45, 7) is 1.64. The molecule has 0 amide bonds. The van der Waals surface area contributed by atoms with Gasteiger partial charge in [-0.2, -0.15) is 18.3 Å². The summed E-state index contributed by atoms with van der Waals surface area (Å²) in [5.74, 6) is 0. The van der Waals surface area contributed by atoms with E-state index >= 15 is 0 Å². The first-order valence-corrected chi connectivity index (χ1v) is 9.00. The average Bonchev–Trinajstić information content (AvgIpc) is 3.15. The third kappa shape index (κ3) is 3.65. The molecule has 4 rings (SSSR count). The first-order chi connectivity index (χ1) is 14.7. The van der Waals surface area contributed by atoms with E-state index in [1.54, 1.807) is 13.0 Å². The molecule has 2 heterocycles. The van der Waals surface area contributed by atoms with Crippen LogP contribution in [0.4, 0.5) is 18.9 Å². The summed E-state index contributed by atoms with van der Waals surface area (Å²) >= 11 is 0. The van der Waals surface area contributed by atoms with Crippen LogP contribution >= 0.6 is 0 Å². The molecule has 0 saturated heterocycles. The summed E-state index contributed by atoms with van der Waals surface area (Å²) in [6, 6.07) is 9.12. The van der Waals surface area contributed by atoms with Gasteiger partial charge in [0.2, 0.25) is 0 Å². The molecule has 0 atom stereocenters. The molecule has 0 N–H and O–H groups in total. The molecule has 0 spiro atoms. The highest BCUT2D eigenvalue weighted by Gasteiger charge is 2.30. The number of nitrogens with zero attached hydrogens (tertiary/aromatic N) is 5. The lowest BCUT2D eigenvalue weighted by molar-refractivity contribution is -0.385. The van der Waals surface area contributed by atoms with Gasteiger partial charge in [-0.3, -0.25) is 19.5 Å². The van der Waals surface area contributed by atoms with Crippen molar-refractivity contribution in [2.45, 2.75) is 19.6 Å². The van der Waals surface area contributed by atoms with Gasteiger partial charge in [-0.05, 0) is 30.7 Å². The molecule has 0 saturated carbocycles. The van der Waals surface area contributed by atoms with Gasteiger partial charge in [0.05, 0.1) is 28.9 Å². The van der Waals surface area contributed by atoms with Gasteiger partial charge in [0.1, 0.15) is 11.7 Å². The van der Waals surface area contributed by atoms with Crippen molar-refractivity contribution in [2.75, 3.05) is 0 Å². The fourth-order valence-electron chi connectivity index (χ4n) is 3.29. The van der Waals surface area contributed by atoms with E-state index in [2.05, 4.69) is 10.1 Å². The van der Waals surface area contributed by atoms with E-state index < -0.39 is 22.2 Å². The third-order valence-corrected chi connectivity index (χ3v) is 4.93. The summed E-state index contributed by atoms with van der Waals surface area (Å²) in [5.41, 5.74) is -0.142. The molecule has 31 heavy (non-hydrogen) atoms. The fourth-order valence-corrected chi connectivity index (χ4v) is 3.29. The van der Waals surface area contributed by atoms with Gasteiger partial charge in [-0.25, -0.2) is 9.67 Å². The SMILES string of the molecule is Cc1c(Cn2cnc3c(cnn3-c3cccc(C(F)(F)F)c3)c2=O)cccc1[N+](=O)[O-]. The maximum absolute atomic E-state index is 13.0. The zero-order chi connectivity index (χ0) is 22.3. The summed E-state index contributed by atoms with van der Waals surface area (Å²) in [4.78, 5) is 27.7. The lowest BCUT2D eigenvalue weighted by atomic mass is 10.1. The summed E-state index contributed by atoms with van der Waals surface area (Å²) in [7, 11) is 0. The maximum atomic E-state index is 13.0. The largest absolute Gasteiger partial charge is 0.416 e. The van der Waals surface area contributed by atoms with Crippen LogP contribution in [0.1, 0.15) is 16.7 Å². The smallest absolute Gasteiger partial charge is 0.294 e. The van der Waals surface area contributed by atoms with Crippen LogP contribution in [0.3, 0.4) is 0 Å². The van der Waals surface area contributed by atoms with E-state index in [1.165, 1.54) is 41.4 Å². The minimum absolute atomic E-state index is 0.0457. The van der Waals surface area contributed by atoms with Gasteiger partial charge in [-0.15, -0.1) is 0 Å². The average molecular weight is 429 g/mol. The maximum Gasteiger partial charge on any atom is 0.416 e. The van der Waals surface area contributed by atoms with E-state index in [4.69, 9.17) is 0 Å². The van der Waals surface area contributed by atoms with E-state index in [0.717, 1.165) is 16.8 Å². The summed E-state index contributed by atoms with van der Waals surface area (Å²) in [6.07, 6.45) is -2.04. The van der Waals surface area contributed by atoms with Gasteiger partial charge >= 0.3 is 6.18 Å². The Morgan fingerprint density at radius 1 is 1.16 bits per heavy atom. The molecule has 0 aliphatic carbocycles. The van der Waals surface area contributed by atoms with Crippen LogP contribution in [0.5, 0.6) is 0 Å². The van der Waals surface area contributed by atoms with Crippen LogP contribution in [0, 0.1) is 17.0 Å². The van der Waals surface area contributed by atoms with Crippen molar-refractivity contribution in [3.8, 4) is 5.69 Å². The van der Waals surface area contributed by atoms with Crippen LogP contribution in [0.15, 0.2) is 59.8 Å². The normalized spacial score (nSPS) is 11.7. The van der Waals surface area contributed by atoms with Crippen molar-refractivity contribution in [3.05, 3.63) is 92.1 Å². The molecule has 4 aromatic rings. The molecule has 0 fully saturated rings. The predicted octanol–water partition coefficient (Wildman–Crippen LogP) is 3.87. The number of aromatic nitrogens is 4. The standard InChI is InChI=1S/C20H14F3N5O3/c1-12-13(4-2-7-17(12)28(30)31)10-26-11-24-18-16(19(26)29)9-25-27(18)15-6-3-5-14(8-15)20(21,22)23/h2-9,11H,10H2,1H3. The first kappa shape index (κ1) is 20.3. The van der Waals surface area contributed by atoms with Crippen molar-refractivity contribution in [2.24, 2.45) is 0 Å². The van der Waals surface area contributed by atoms with Crippen LogP contribution in [-0.2, 0) is 12.7 Å². The Balaban J connectivity index is 1.76. The van der Waals surface area contributed by atoms with Crippen molar-refractivity contribution >= 4 is 16.7 Å². The predicted molar refractivity (Wildman–Crippen MR) is 105 cm³/mol. The van der Waals surface area contributed by atoms with Gasteiger partial charge in [0, 0.05) is 11.6 Å². The van der Waals surface area contributed by atoms with Crippen LogP contribution in [-0.4, -0.2) is 24.3 Å². The molecule has 8 nitrogen and oxygen atoms in total. The lowest BCUT2D eigenvalue weighted by Gasteiger charge is -2.10. The Morgan fingerprint density at radius 3 is 2.61 bits per heavy atom. The Labute approximate surface area is 172 Å². The third-order valence-electron chi connectivity index (χ3n) is 4.93. The zero-order valence-corrected chi connectivity index (χ0v) is 16.0. The van der Waals surface area contributed by atoms with Gasteiger partial charge < -0.3 is 0 Å². The number of benzene rings is 2. The van der Waals surface area contributed by atoms with Crippen molar-refractivity contribution < 1.29 is 18.1 Å². The number of alkyl halides is 3. The molecule has 2 aromatic heterocycles. The minimum atomic E-state index is -4.52. The van der Waals surface area contributed by atoms with Gasteiger partial charge in [-0.1, -0.05) is 18.2 Å². The highest BCUT2D eigenvalue weighted by atomic mass is 19.4. The van der Waals surface area contributed by atoms with Crippen molar-refractivity contribution in [1.82, 2.24) is 19.3 Å². The van der Waals surface area contributed by atoms with Gasteiger partial charge in [0.25, 0.3) is 11.2 Å². The molecule has 0 bridgehead atoms. The molecule has 0 aliphatic rings. The second-order valence-electron chi connectivity index (χ2n) is 6.84. The van der Waals surface area contributed by atoms with Crippen LogP contribution < -0.4 is 5.56 Å². The summed E-state index contributed by atoms with van der Waals surface area (Å²) in [5, 5.41) is 15.3. The Morgan fingerprint density at radius 2 is 1.90 bits per heavy atom. The van der Waals surface area contributed by atoms with Crippen LogP contribution in [0.2, 0.25) is 0 Å². The molecule has 0 unspecified atom stereocenters. The molecular weight excluding hydrogens is 415 g/mol. The van der Waals surface area contributed by atoms with E-state index in [1.807, 2.05) is 0 Å². The van der Waals surface area contributed by atoms with Crippen LogP contribution in [0.25, 0.3) is 16.7 Å². The zero-order valence-electron chi connectivity index (χ0n) is 16.0. The number of nitro benzene ring substituents is 1. The van der Waals surface area contributed by atoms with Gasteiger partial charge in [0.15, 0.2) is 5.65 Å².